The van der Waals surface area contributed by atoms with Crippen molar-refractivity contribution in [1.29, 1.82) is 0 Å². The quantitative estimate of drug-likeness (QED) is 0.556. The second kappa shape index (κ2) is 5.97. The van der Waals surface area contributed by atoms with Gasteiger partial charge in [0, 0.05) is 18.2 Å². The first-order chi connectivity index (χ1) is 6.33. The average molecular weight is 199 g/mol. The summed E-state index contributed by atoms with van der Waals surface area (Å²) in [5.74, 6) is 0. The van der Waals surface area contributed by atoms with Gasteiger partial charge >= 0.3 is 0 Å². The van der Waals surface area contributed by atoms with Gasteiger partial charge < -0.3 is 10.6 Å². The molecule has 0 atom stereocenters. The molecule has 0 heterocycles. The molecule has 0 aromatic heterocycles. The number of hydrogen-bond donors (Lipinski definition) is 2. The minimum absolute atomic E-state index is 0.798. The number of halogens is 1. The van der Waals surface area contributed by atoms with Crippen LogP contribution in [0, 0.1) is 0 Å². The molecule has 1 rings (SSSR count). The van der Waals surface area contributed by atoms with E-state index in [2.05, 4.69) is 22.8 Å². The zero-order chi connectivity index (χ0) is 9.52. The molecule has 2 nitrogen and oxygen atoms in total. The molecule has 0 amide bonds. The van der Waals surface area contributed by atoms with Crippen LogP contribution in [0.1, 0.15) is 5.56 Å². The number of benzene rings is 1. The number of rotatable bonds is 5. The van der Waals surface area contributed by atoms with Crippen molar-refractivity contribution >= 4 is 11.6 Å². The Morgan fingerprint density at radius 1 is 1.23 bits per heavy atom. The molecule has 0 aliphatic rings. The fourth-order valence-corrected chi connectivity index (χ4v) is 1.22. The Morgan fingerprint density at radius 2 is 1.92 bits per heavy atom. The lowest BCUT2D eigenvalue weighted by Gasteiger charge is -2.03. The molecule has 0 spiro atoms. The maximum Gasteiger partial charge on any atom is 0.0451 e. The summed E-state index contributed by atoms with van der Waals surface area (Å²) in [4.78, 5) is 0. The minimum Gasteiger partial charge on any atom is -0.308 e. The van der Waals surface area contributed by atoms with Gasteiger partial charge in [0.2, 0.25) is 0 Å². The summed E-state index contributed by atoms with van der Waals surface area (Å²) in [5, 5.41) is 7.08. The lowest BCUT2D eigenvalue weighted by atomic mass is 10.1. The molecule has 0 bridgehead atoms. The summed E-state index contributed by atoms with van der Waals surface area (Å²) in [6.45, 7) is 1.84. The number of hydrogen-bond acceptors (Lipinski definition) is 2. The van der Waals surface area contributed by atoms with E-state index in [9.17, 15) is 0 Å². The molecular weight excluding hydrogens is 184 g/mol. The van der Waals surface area contributed by atoms with E-state index < -0.39 is 0 Å². The SMILES string of the molecule is CNCNCCc1ccc(Cl)cc1. The second-order valence-electron chi connectivity index (χ2n) is 2.91. The fraction of sp³-hybridized carbons (Fsp3) is 0.400. The van der Waals surface area contributed by atoms with Gasteiger partial charge in [0.05, 0.1) is 0 Å². The van der Waals surface area contributed by atoms with Crippen LogP contribution in [0.4, 0.5) is 0 Å². The highest BCUT2D eigenvalue weighted by atomic mass is 35.5. The van der Waals surface area contributed by atoms with Crippen molar-refractivity contribution in [3.8, 4) is 0 Å². The van der Waals surface area contributed by atoms with Gasteiger partial charge in [0.25, 0.3) is 0 Å². The summed E-state index contributed by atoms with van der Waals surface area (Å²) >= 11 is 5.77. The van der Waals surface area contributed by atoms with Gasteiger partial charge in [-0.3, -0.25) is 0 Å². The van der Waals surface area contributed by atoms with Gasteiger partial charge in [0.1, 0.15) is 0 Å². The first-order valence-corrected chi connectivity index (χ1v) is 4.80. The Hall–Kier alpha value is -0.570. The van der Waals surface area contributed by atoms with Crippen molar-refractivity contribution in [2.24, 2.45) is 0 Å². The summed E-state index contributed by atoms with van der Waals surface area (Å²) in [5.41, 5.74) is 1.31. The molecule has 0 radical (unpaired) electrons. The molecule has 3 heteroatoms. The topological polar surface area (TPSA) is 24.1 Å². The zero-order valence-electron chi connectivity index (χ0n) is 7.81. The Kier molecular flexibility index (Phi) is 4.83. The molecule has 0 aliphatic heterocycles. The molecule has 1 aromatic rings. The first kappa shape index (κ1) is 10.5. The van der Waals surface area contributed by atoms with Crippen molar-refractivity contribution in [3.05, 3.63) is 34.9 Å². The van der Waals surface area contributed by atoms with E-state index in [1.807, 2.05) is 19.2 Å². The average Bonchev–Trinajstić information content (AvgIpc) is 2.15. The molecular formula is C10H15ClN2. The van der Waals surface area contributed by atoms with Crippen LogP contribution >= 0.6 is 11.6 Å². The van der Waals surface area contributed by atoms with E-state index in [1.165, 1.54) is 5.56 Å². The van der Waals surface area contributed by atoms with E-state index in [4.69, 9.17) is 11.6 Å². The Bertz CT molecular complexity index is 233. The molecule has 0 fully saturated rings. The van der Waals surface area contributed by atoms with Gasteiger partial charge in [-0.1, -0.05) is 23.7 Å². The normalized spacial score (nSPS) is 10.3. The van der Waals surface area contributed by atoms with E-state index in [0.717, 1.165) is 24.7 Å². The third kappa shape index (κ3) is 4.27. The lowest BCUT2D eigenvalue weighted by Crippen LogP contribution is -2.27. The smallest absolute Gasteiger partial charge is 0.0451 e. The number of nitrogens with one attached hydrogen (secondary N) is 2. The summed E-state index contributed by atoms with van der Waals surface area (Å²) in [6.07, 6.45) is 1.04. The highest BCUT2D eigenvalue weighted by molar-refractivity contribution is 6.30. The van der Waals surface area contributed by atoms with E-state index in [1.54, 1.807) is 0 Å². The van der Waals surface area contributed by atoms with Gasteiger partial charge in [-0.15, -0.1) is 0 Å². The molecule has 1 aromatic carbocycles. The third-order valence-corrected chi connectivity index (χ3v) is 2.06. The van der Waals surface area contributed by atoms with Crippen molar-refractivity contribution in [2.75, 3.05) is 20.3 Å². The molecule has 72 valence electrons. The van der Waals surface area contributed by atoms with Gasteiger partial charge in [-0.2, -0.15) is 0 Å². The Balaban J connectivity index is 2.25. The highest BCUT2D eigenvalue weighted by Gasteiger charge is 1.92. The van der Waals surface area contributed by atoms with Crippen molar-refractivity contribution in [1.82, 2.24) is 10.6 Å². The monoisotopic (exact) mass is 198 g/mol. The lowest BCUT2D eigenvalue weighted by molar-refractivity contribution is 0.631. The summed E-state index contributed by atoms with van der Waals surface area (Å²) in [6, 6.07) is 7.97. The van der Waals surface area contributed by atoms with Gasteiger partial charge in [-0.25, -0.2) is 0 Å². The van der Waals surface area contributed by atoms with Crippen molar-refractivity contribution in [3.63, 3.8) is 0 Å². The Morgan fingerprint density at radius 3 is 2.54 bits per heavy atom. The molecule has 13 heavy (non-hydrogen) atoms. The van der Waals surface area contributed by atoms with Crippen LogP contribution in [0.5, 0.6) is 0 Å². The zero-order valence-corrected chi connectivity index (χ0v) is 8.56. The van der Waals surface area contributed by atoms with Crippen LogP contribution in [0.15, 0.2) is 24.3 Å². The largest absolute Gasteiger partial charge is 0.308 e. The second-order valence-corrected chi connectivity index (χ2v) is 3.34. The van der Waals surface area contributed by atoms with Crippen LogP contribution in [0.3, 0.4) is 0 Å². The van der Waals surface area contributed by atoms with E-state index >= 15 is 0 Å². The minimum atomic E-state index is 0.798. The van der Waals surface area contributed by atoms with E-state index in [-0.39, 0.29) is 0 Å². The molecule has 0 saturated carbocycles. The molecule has 2 N–H and O–H groups in total. The predicted octanol–water partition coefficient (Wildman–Crippen LogP) is 1.65. The summed E-state index contributed by atoms with van der Waals surface area (Å²) in [7, 11) is 1.93. The van der Waals surface area contributed by atoms with Crippen LogP contribution in [-0.2, 0) is 6.42 Å². The molecule has 0 saturated heterocycles. The maximum atomic E-state index is 5.77. The van der Waals surface area contributed by atoms with Crippen LogP contribution in [0.25, 0.3) is 0 Å². The fourth-order valence-electron chi connectivity index (χ4n) is 1.10. The highest BCUT2D eigenvalue weighted by Crippen LogP contribution is 2.09. The maximum absolute atomic E-state index is 5.77. The van der Waals surface area contributed by atoms with Crippen LogP contribution < -0.4 is 10.6 Å². The Labute approximate surface area is 84.3 Å². The van der Waals surface area contributed by atoms with Gasteiger partial charge in [-0.05, 0) is 31.2 Å². The van der Waals surface area contributed by atoms with E-state index in [0.29, 0.717) is 0 Å². The van der Waals surface area contributed by atoms with Crippen molar-refractivity contribution < 1.29 is 0 Å². The summed E-state index contributed by atoms with van der Waals surface area (Å²) < 4.78 is 0. The standard InChI is InChI=1S/C10H15ClN2/c1-12-8-13-7-6-9-2-4-10(11)5-3-9/h2-5,12-13H,6-8H2,1H3. The first-order valence-electron chi connectivity index (χ1n) is 4.42. The van der Waals surface area contributed by atoms with Crippen LogP contribution in [0.2, 0.25) is 5.02 Å². The molecule has 0 aliphatic carbocycles. The van der Waals surface area contributed by atoms with Gasteiger partial charge in [0.15, 0.2) is 0 Å². The predicted molar refractivity (Wildman–Crippen MR) is 57.1 cm³/mol. The molecule has 0 unspecified atom stereocenters. The van der Waals surface area contributed by atoms with Crippen LogP contribution in [-0.4, -0.2) is 20.3 Å². The van der Waals surface area contributed by atoms with Crippen molar-refractivity contribution in [2.45, 2.75) is 6.42 Å². The third-order valence-electron chi connectivity index (χ3n) is 1.81.